The summed E-state index contributed by atoms with van der Waals surface area (Å²) in [6, 6.07) is 21.5. The number of halogens is 3. The zero-order valence-electron chi connectivity index (χ0n) is 12.7. The summed E-state index contributed by atoms with van der Waals surface area (Å²) in [5, 5.41) is 1.81. The van der Waals surface area contributed by atoms with Crippen molar-refractivity contribution in [1.29, 1.82) is 0 Å². The monoisotopic (exact) mass is 325 g/mol. The Labute approximate surface area is 136 Å². The average Bonchev–Trinajstić information content (AvgIpc) is 2.89. The van der Waals surface area contributed by atoms with Gasteiger partial charge < -0.3 is 4.57 Å². The highest BCUT2D eigenvalue weighted by atomic mass is 19.4. The van der Waals surface area contributed by atoms with Gasteiger partial charge in [0.1, 0.15) is 0 Å². The number of hydrogen-bond donors (Lipinski definition) is 0. The van der Waals surface area contributed by atoms with Gasteiger partial charge in [-0.1, -0.05) is 54.6 Å². The van der Waals surface area contributed by atoms with Crippen LogP contribution in [0.2, 0.25) is 0 Å². The molecule has 4 rings (SSSR count). The summed E-state index contributed by atoms with van der Waals surface area (Å²) in [4.78, 5) is 0. The summed E-state index contributed by atoms with van der Waals surface area (Å²) in [5.74, 6) is 0. The Kier molecular flexibility index (Phi) is 3.34. The van der Waals surface area contributed by atoms with Gasteiger partial charge in [-0.2, -0.15) is 13.2 Å². The molecule has 3 aromatic carbocycles. The summed E-state index contributed by atoms with van der Waals surface area (Å²) in [7, 11) is 0. The lowest BCUT2D eigenvalue weighted by Gasteiger charge is -2.10. The minimum atomic E-state index is -4.35. The number of benzene rings is 3. The van der Waals surface area contributed by atoms with E-state index in [4.69, 9.17) is 0 Å². The molecule has 0 amide bonds. The van der Waals surface area contributed by atoms with E-state index in [9.17, 15) is 13.2 Å². The van der Waals surface area contributed by atoms with Gasteiger partial charge in [-0.15, -0.1) is 0 Å². The normalized spacial score (nSPS) is 12.1. The molecule has 0 radical (unpaired) electrons. The molecule has 0 saturated heterocycles. The van der Waals surface area contributed by atoms with Crippen LogP contribution < -0.4 is 0 Å². The van der Waals surface area contributed by atoms with Crippen molar-refractivity contribution in [3.05, 3.63) is 83.9 Å². The standard InChI is InChI=1S/C20H14F3N/c21-20(22,23)15-10-11-17-16-8-4-5-9-18(16)24(19(17)12-15)13-14-6-2-1-3-7-14/h1-12H,13H2. The summed E-state index contributed by atoms with van der Waals surface area (Å²) < 4.78 is 41.3. The Balaban J connectivity index is 2.00. The zero-order chi connectivity index (χ0) is 16.7. The Morgan fingerprint density at radius 2 is 1.38 bits per heavy atom. The predicted octanol–water partition coefficient (Wildman–Crippen LogP) is 5.86. The predicted molar refractivity (Wildman–Crippen MR) is 90.0 cm³/mol. The molecular weight excluding hydrogens is 311 g/mol. The van der Waals surface area contributed by atoms with E-state index in [1.807, 2.05) is 59.2 Å². The second kappa shape index (κ2) is 5.41. The molecule has 120 valence electrons. The molecule has 0 unspecified atom stereocenters. The van der Waals surface area contributed by atoms with Crippen LogP contribution in [0.25, 0.3) is 21.8 Å². The third-order valence-electron chi connectivity index (χ3n) is 4.28. The molecule has 0 aliphatic rings. The first kappa shape index (κ1) is 14.8. The number of fused-ring (bicyclic) bond motifs is 3. The van der Waals surface area contributed by atoms with Crippen LogP contribution in [0.3, 0.4) is 0 Å². The van der Waals surface area contributed by atoms with Gasteiger partial charge in [-0.05, 0) is 23.8 Å². The molecular formula is C20H14F3N. The first-order valence-electron chi connectivity index (χ1n) is 7.66. The van der Waals surface area contributed by atoms with Gasteiger partial charge in [0.25, 0.3) is 0 Å². The molecule has 0 saturated carbocycles. The quantitative estimate of drug-likeness (QED) is 0.435. The summed E-state index contributed by atoms with van der Waals surface area (Å²) >= 11 is 0. The molecule has 1 aromatic heterocycles. The number of para-hydroxylation sites is 1. The summed E-state index contributed by atoms with van der Waals surface area (Å²) in [6.07, 6.45) is -4.35. The molecule has 0 fully saturated rings. The third kappa shape index (κ3) is 2.44. The average molecular weight is 325 g/mol. The minimum Gasteiger partial charge on any atom is -0.336 e. The van der Waals surface area contributed by atoms with E-state index in [0.29, 0.717) is 12.1 Å². The molecule has 0 N–H and O–H groups in total. The van der Waals surface area contributed by atoms with Crippen LogP contribution in [-0.4, -0.2) is 4.57 Å². The zero-order valence-corrected chi connectivity index (χ0v) is 12.7. The highest BCUT2D eigenvalue weighted by molar-refractivity contribution is 6.08. The third-order valence-corrected chi connectivity index (χ3v) is 4.28. The highest BCUT2D eigenvalue weighted by Gasteiger charge is 2.31. The Bertz CT molecular complexity index is 1010. The Hall–Kier alpha value is -2.75. The molecule has 0 spiro atoms. The van der Waals surface area contributed by atoms with Crippen LogP contribution in [0.1, 0.15) is 11.1 Å². The van der Waals surface area contributed by atoms with E-state index in [0.717, 1.165) is 27.9 Å². The van der Waals surface area contributed by atoms with Crippen LogP contribution in [0, 0.1) is 0 Å². The number of alkyl halides is 3. The number of aromatic nitrogens is 1. The second-order valence-electron chi connectivity index (χ2n) is 5.82. The maximum absolute atomic E-state index is 13.1. The molecule has 4 heteroatoms. The topological polar surface area (TPSA) is 4.93 Å². The van der Waals surface area contributed by atoms with Crippen LogP contribution in [0.15, 0.2) is 72.8 Å². The molecule has 1 heterocycles. The fraction of sp³-hybridized carbons (Fsp3) is 0.100. The first-order valence-corrected chi connectivity index (χ1v) is 7.66. The maximum atomic E-state index is 13.1. The van der Waals surface area contributed by atoms with Crippen LogP contribution in [0.4, 0.5) is 13.2 Å². The molecule has 0 aliphatic carbocycles. The van der Waals surface area contributed by atoms with E-state index in [2.05, 4.69) is 0 Å². The minimum absolute atomic E-state index is 0.534. The number of rotatable bonds is 2. The van der Waals surface area contributed by atoms with E-state index >= 15 is 0 Å². The van der Waals surface area contributed by atoms with Crippen molar-refractivity contribution in [2.75, 3.05) is 0 Å². The highest BCUT2D eigenvalue weighted by Crippen LogP contribution is 2.35. The lowest BCUT2D eigenvalue weighted by atomic mass is 10.1. The van der Waals surface area contributed by atoms with E-state index in [1.54, 1.807) is 6.07 Å². The van der Waals surface area contributed by atoms with Crippen molar-refractivity contribution in [3.8, 4) is 0 Å². The molecule has 1 nitrogen and oxygen atoms in total. The van der Waals surface area contributed by atoms with Crippen molar-refractivity contribution in [2.24, 2.45) is 0 Å². The molecule has 4 aromatic rings. The maximum Gasteiger partial charge on any atom is 0.416 e. The Morgan fingerprint density at radius 3 is 2.12 bits per heavy atom. The van der Waals surface area contributed by atoms with E-state index in [-0.39, 0.29) is 0 Å². The van der Waals surface area contributed by atoms with E-state index in [1.165, 1.54) is 6.07 Å². The van der Waals surface area contributed by atoms with Gasteiger partial charge >= 0.3 is 6.18 Å². The van der Waals surface area contributed by atoms with Crippen molar-refractivity contribution in [3.63, 3.8) is 0 Å². The van der Waals surface area contributed by atoms with E-state index < -0.39 is 11.7 Å². The lowest BCUT2D eigenvalue weighted by Crippen LogP contribution is -2.05. The van der Waals surface area contributed by atoms with Crippen molar-refractivity contribution in [1.82, 2.24) is 4.57 Å². The molecule has 0 atom stereocenters. The molecule has 0 aliphatic heterocycles. The molecule has 0 bridgehead atoms. The van der Waals surface area contributed by atoms with Gasteiger partial charge in [0.05, 0.1) is 11.1 Å². The smallest absolute Gasteiger partial charge is 0.336 e. The van der Waals surface area contributed by atoms with Crippen molar-refractivity contribution >= 4 is 21.8 Å². The fourth-order valence-electron chi connectivity index (χ4n) is 3.16. The number of nitrogens with zero attached hydrogens (tertiary/aromatic N) is 1. The van der Waals surface area contributed by atoms with Crippen LogP contribution in [-0.2, 0) is 12.7 Å². The van der Waals surface area contributed by atoms with Crippen LogP contribution >= 0.6 is 0 Å². The van der Waals surface area contributed by atoms with Crippen molar-refractivity contribution < 1.29 is 13.2 Å². The van der Waals surface area contributed by atoms with Crippen molar-refractivity contribution in [2.45, 2.75) is 12.7 Å². The van der Waals surface area contributed by atoms with Gasteiger partial charge in [-0.3, -0.25) is 0 Å². The lowest BCUT2D eigenvalue weighted by molar-refractivity contribution is -0.137. The second-order valence-corrected chi connectivity index (χ2v) is 5.82. The van der Waals surface area contributed by atoms with Gasteiger partial charge in [-0.25, -0.2) is 0 Å². The SMILES string of the molecule is FC(F)(F)c1ccc2c3ccccc3n(Cc3ccccc3)c2c1. The molecule has 24 heavy (non-hydrogen) atoms. The largest absolute Gasteiger partial charge is 0.416 e. The summed E-state index contributed by atoms with van der Waals surface area (Å²) in [5.41, 5.74) is 1.98. The fourth-order valence-corrected chi connectivity index (χ4v) is 3.16. The van der Waals surface area contributed by atoms with Gasteiger partial charge in [0.15, 0.2) is 0 Å². The number of hydrogen-bond acceptors (Lipinski definition) is 0. The van der Waals surface area contributed by atoms with Gasteiger partial charge in [0.2, 0.25) is 0 Å². The summed E-state index contributed by atoms with van der Waals surface area (Å²) in [6.45, 7) is 0.534. The van der Waals surface area contributed by atoms with Crippen LogP contribution in [0.5, 0.6) is 0 Å². The first-order chi connectivity index (χ1) is 11.5. The van der Waals surface area contributed by atoms with Gasteiger partial charge in [0, 0.05) is 22.8 Å². The Morgan fingerprint density at radius 1 is 0.708 bits per heavy atom.